The van der Waals surface area contributed by atoms with E-state index in [1.165, 1.54) is 0 Å². The highest BCUT2D eigenvalue weighted by atomic mass is 19.4. The summed E-state index contributed by atoms with van der Waals surface area (Å²) < 4.78 is 107. The van der Waals surface area contributed by atoms with Gasteiger partial charge in [-0.1, -0.05) is 0 Å². The molecule has 0 saturated heterocycles. The van der Waals surface area contributed by atoms with Gasteiger partial charge in [0, 0.05) is 7.05 Å². The van der Waals surface area contributed by atoms with Crippen molar-refractivity contribution >= 4 is 23.5 Å². The molecule has 2 heterocycles. The number of rotatable bonds is 6. The van der Waals surface area contributed by atoms with Crippen molar-refractivity contribution < 1.29 is 39.9 Å². The van der Waals surface area contributed by atoms with Crippen molar-refractivity contribution in [2.75, 3.05) is 0 Å². The minimum absolute atomic E-state index is 0.162. The molecule has 10 nitrogen and oxygen atoms in total. The first-order chi connectivity index (χ1) is 16.1. The number of hydrogen-bond acceptors (Lipinski definition) is 7. The van der Waals surface area contributed by atoms with Crippen LogP contribution >= 0.6 is 0 Å². The van der Waals surface area contributed by atoms with Gasteiger partial charge in [-0.05, 0) is 12.8 Å². The quantitative estimate of drug-likeness (QED) is 0.266. The first-order valence-corrected chi connectivity index (χ1v) is 9.26. The van der Waals surface area contributed by atoms with E-state index in [2.05, 4.69) is 25.6 Å². The average Bonchev–Trinajstić information content (AvgIpc) is 3.18. The van der Waals surface area contributed by atoms with Crippen LogP contribution in [-0.2, 0) is 23.9 Å². The van der Waals surface area contributed by atoms with Crippen molar-refractivity contribution in [2.45, 2.75) is 36.7 Å². The second-order valence-electron chi connectivity index (χ2n) is 7.30. The number of amides is 1. The standard InChI is InChI=1S/C17H13F8N9O/c1-33-13(10(16(20,21)22)11(32-33)15(18,19)17(23,24)25)34-6-8(4-29-34)28-5-9(31-27)12(35)30-14(7-26)2-3-14/h4-6H,2-3,27H2,1H3,(H,30,35). The fraction of sp³-hybridized carbons (Fsp3) is 0.412. The molecule has 0 aromatic carbocycles. The summed E-state index contributed by atoms with van der Waals surface area (Å²) in [6, 6.07) is 1.89. The molecule has 1 amide bonds. The second kappa shape index (κ2) is 8.32. The minimum atomic E-state index is -6.35. The third kappa shape index (κ3) is 4.79. The van der Waals surface area contributed by atoms with E-state index in [4.69, 9.17) is 11.1 Å². The van der Waals surface area contributed by atoms with E-state index in [-0.39, 0.29) is 10.4 Å². The van der Waals surface area contributed by atoms with Gasteiger partial charge in [0.25, 0.3) is 5.91 Å². The number of carbonyl (C=O) groups is 1. The van der Waals surface area contributed by atoms with Gasteiger partial charge >= 0.3 is 18.3 Å². The van der Waals surface area contributed by atoms with E-state index in [9.17, 15) is 39.9 Å². The Labute approximate surface area is 189 Å². The summed E-state index contributed by atoms with van der Waals surface area (Å²) in [5.41, 5.74) is -6.68. The number of aryl methyl sites for hydroxylation is 1. The first-order valence-electron chi connectivity index (χ1n) is 9.26. The summed E-state index contributed by atoms with van der Waals surface area (Å²) in [5.74, 6) is -2.91. The molecule has 1 fully saturated rings. The predicted molar refractivity (Wildman–Crippen MR) is 101 cm³/mol. The average molecular weight is 511 g/mol. The molecule has 18 heteroatoms. The summed E-state index contributed by atoms with van der Waals surface area (Å²) in [7, 11) is 0.720. The Hall–Kier alpha value is -4.04. The molecule has 3 N–H and O–H groups in total. The lowest BCUT2D eigenvalue weighted by molar-refractivity contribution is -0.292. The van der Waals surface area contributed by atoms with Crippen molar-refractivity contribution in [3.8, 4) is 11.9 Å². The van der Waals surface area contributed by atoms with Gasteiger partial charge in [0.2, 0.25) is 0 Å². The summed E-state index contributed by atoms with van der Waals surface area (Å²) in [6.07, 6.45) is -8.84. The van der Waals surface area contributed by atoms with Gasteiger partial charge in [0.15, 0.2) is 17.2 Å². The van der Waals surface area contributed by atoms with Gasteiger partial charge in [-0.2, -0.15) is 55.7 Å². The van der Waals surface area contributed by atoms with Gasteiger partial charge in [-0.25, -0.2) is 9.36 Å². The maximum Gasteiger partial charge on any atom is 0.459 e. The number of halogens is 8. The molecule has 2 aromatic rings. The molecule has 2 aromatic heterocycles. The minimum Gasteiger partial charge on any atom is -0.332 e. The molecule has 0 unspecified atom stereocenters. The number of hydrogen-bond donors (Lipinski definition) is 2. The summed E-state index contributed by atoms with van der Waals surface area (Å²) >= 11 is 0. The maximum atomic E-state index is 13.8. The first kappa shape index (κ1) is 25.6. The van der Waals surface area contributed by atoms with Crippen LogP contribution in [0.1, 0.15) is 24.1 Å². The number of aromatic nitrogens is 4. The summed E-state index contributed by atoms with van der Waals surface area (Å²) in [6.45, 7) is 0. The number of nitriles is 1. The fourth-order valence-electron chi connectivity index (χ4n) is 2.85. The van der Waals surface area contributed by atoms with Crippen LogP contribution in [0.15, 0.2) is 22.5 Å². The molecule has 0 atom stereocenters. The Morgan fingerprint density at radius 3 is 2.37 bits per heavy atom. The lowest BCUT2D eigenvalue weighted by Crippen LogP contribution is -2.41. The van der Waals surface area contributed by atoms with Gasteiger partial charge in [-0.15, -0.1) is 0 Å². The van der Waals surface area contributed by atoms with Crippen LogP contribution in [0, 0.1) is 11.3 Å². The molecule has 0 spiro atoms. The highest BCUT2D eigenvalue weighted by molar-refractivity contribution is 6.61. The zero-order valence-electron chi connectivity index (χ0n) is 17.3. The lowest BCUT2D eigenvalue weighted by Gasteiger charge is -2.19. The van der Waals surface area contributed by atoms with Gasteiger partial charge in [-0.3, -0.25) is 9.79 Å². The second-order valence-corrected chi connectivity index (χ2v) is 7.30. The van der Waals surface area contributed by atoms with E-state index >= 15 is 0 Å². The van der Waals surface area contributed by atoms with Crippen LogP contribution in [0.2, 0.25) is 0 Å². The van der Waals surface area contributed by atoms with Crippen molar-refractivity contribution in [1.29, 1.82) is 5.26 Å². The number of nitrogens with one attached hydrogen (secondary N) is 1. The number of alkyl halides is 8. The normalized spacial score (nSPS) is 16.4. The Morgan fingerprint density at radius 2 is 1.89 bits per heavy atom. The highest BCUT2D eigenvalue weighted by Crippen LogP contribution is 2.49. The molecule has 0 radical (unpaired) electrons. The fourth-order valence-corrected chi connectivity index (χ4v) is 2.85. The van der Waals surface area contributed by atoms with Gasteiger partial charge < -0.3 is 11.2 Å². The Kier molecular flexibility index (Phi) is 6.08. The molecule has 1 aliphatic carbocycles. The van der Waals surface area contributed by atoms with Gasteiger partial charge in [0.05, 0.1) is 24.7 Å². The number of nitrogens with zero attached hydrogens (tertiary/aromatic N) is 7. The molecule has 35 heavy (non-hydrogen) atoms. The predicted octanol–water partition coefficient (Wildman–Crippen LogP) is 2.47. The van der Waals surface area contributed by atoms with Crippen molar-refractivity contribution in [3.63, 3.8) is 0 Å². The van der Waals surface area contributed by atoms with Crippen LogP contribution in [0.3, 0.4) is 0 Å². The SMILES string of the molecule is Cn1nc(C(F)(F)C(F)(F)F)c(C(F)(F)F)c1-n1cc(N=CC(=NN)C(=O)NC2(C#N)CC2)cn1. The van der Waals surface area contributed by atoms with Crippen molar-refractivity contribution in [3.05, 3.63) is 23.7 Å². The molecular formula is C17H13F8N9O. The van der Waals surface area contributed by atoms with Crippen LogP contribution in [0.4, 0.5) is 40.8 Å². The smallest absolute Gasteiger partial charge is 0.332 e. The zero-order valence-corrected chi connectivity index (χ0v) is 17.3. The Morgan fingerprint density at radius 1 is 1.26 bits per heavy atom. The summed E-state index contributed by atoms with van der Waals surface area (Å²) in [4.78, 5) is 15.9. The van der Waals surface area contributed by atoms with Crippen molar-refractivity contribution in [1.82, 2.24) is 24.9 Å². The van der Waals surface area contributed by atoms with Gasteiger partial charge in [0.1, 0.15) is 16.8 Å². The summed E-state index contributed by atoms with van der Waals surface area (Å²) in [5, 5.41) is 20.9. The van der Waals surface area contributed by atoms with Crippen LogP contribution in [0.25, 0.3) is 5.82 Å². The molecule has 3 rings (SSSR count). The molecule has 0 bridgehead atoms. The van der Waals surface area contributed by atoms with E-state index in [0.29, 0.717) is 17.5 Å². The molecule has 1 saturated carbocycles. The lowest BCUT2D eigenvalue weighted by atomic mass is 10.1. The number of hydrazone groups is 1. The maximum absolute atomic E-state index is 13.8. The number of nitrogens with two attached hydrogens (primary N) is 1. The molecular weight excluding hydrogens is 498 g/mol. The number of aliphatic imine (C=N–C) groups is 1. The third-order valence-corrected chi connectivity index (χ3v) is 4.76. The van der Waals surface area contributed by atoms with E-state index in [1.807, 2.05) is 6.07 Å². The van der Waals surface area contributed by atoms with E-state index < -0.39 is 52.5 Å². The molecule has 188 valence electrons. The van der Waals surface area contributed by atoms with Crippen molar-refractivity contribution in [2.24, 2.45) is 23.0 Å². The van der Waals surface area contributed by atoms with E-state index in [1.54, 1.807) is 0 Å². The Balaban J connectivity index is 1.96. The zero-order chi connectivity index (χ0) is 26.4. The third-order valence-electron chi connectivity index (χ3n) is 4.76. The largest absolute Gasteiger partial charge is 0.459 e. The molecule has 1 aliphatic rings. The Bertz CT molecular complexity index is 1240. The molecule has 0 aliphatic heterocycles. The topological polar surface area (TPSA) is 139 Å². The van der Waals surface area contributed by atoms with Crippen LogP contribution in [-0.4, -0.2) is 49.1 Å². The monoisotopic (exact) mass is 511 g/mol. The van der Waals surface area contributed by atoms with Crippen LogP contribution < -0.4 is 11.2 Å². The van der Waals surface area contributed by atoms with E-state index in [0.717, 1.165) is 25.7 Å². The number of carbonyl (C=O) groups excluding carboxylic acids is 1. The van der Waals surface area contributed by atoms with Crippen LogP contribution in [0.5, 0.6) is 0 Å². The highest BCUT2D eigenvalue weighted by Gasteiger charge is 2.64.